The van der Waals surface area contributed by atoms with Crippen LogP contribution < -0.4 is 14.8 Å². The van der Waals surface area contributed by atoms with Crippen LogP contribution in [0.25, 0.3) is 10.9 Å². The highest BCUT2D eigenvalue weighted by Crippen LogP contribution is 2.24. The summed E-state index contributed by atoms with van der Waals surface area (Å²) in [6.07, 6.45) is 1.88. The van der Waals surface area contributed by atoms with Crippen LogP contribution in [0.4, 0.5) is 10.1 Å². The van der Waals surface area contributed by atoms with Crippen LogP contribution >= 0.6 is 0 Å². The van der Waals surface area contributed by atoms with Crippen LogP contribution in [0.2, 0.25) is 0 Å². The van der Waals surface area contributed by atoms with Gasteiger partial charge in [-0.15, -0.1) is 0 Å². The molecule has 0 aliphatic carbocycles. The first-order valence-electron chi connectivity index (χ1n) is 9.78. The highest BCUT2D eigenvalue weighted by atomic mass is 32.2. The minimum atomic E-state index is -3.86. The molecule has 4 aromatic rings. The van der Waals surface area contributed by atoms with Crippen molar-refractivity contribution < 1.29 is 17.5 Å². The van der Waals surface area contributed by atoms with Crippen molar-refractivity contribution in [1.29, 1.82) is 0 Å². The molecule has 1 aromatic heterocycles. The van der Waals surface area contributed by atoms with Gasteiger partial charge in [0.1, 0.15) is 18.2 Å². The second-order valence-electron chi connectivity index (χ2n) is 6.98. The second kappa shape index (κ2) is 9.20. The van der Waals surface area contributed by atoms with Crippen molar-refractivity contribution in [3.63, 3.8) is 0 Å². The summed E-state index contributed by atoms with van der Waals surface area (Å²) in [5.41, 5.74) is 2.36. The first-order valence-corrected chi connectivity index (χ1v) is 11.3. The van der Waals surface area contributed by atoms with E-state index in [9.17, 15) is 12.8 Å². The number of sulfonamides is 1. The molecule has 4 rings (SSSR count). The third-order valence-electron chi connectivity index (χ3n) is 4.71. The minimum absolute atomic E-state index is 0.120. The largest absolute Gasteiger partial charge is 0.492 e. The Labute approximate surface area is 180 Å². The molecule has 3 aromatic carbocycles. The van der Waals surface area contributed by atoms with Gasteiger partial charge in [-0.1, -0.05) is 24.3 Å². The lowest BCUT2D eigenvalue weighted by Crippen LogP contribution is -2.20. The van der Waals surface area contributed by atoms with Gasteiger partial charge in [0, 0.05) is 35.9 Å². The van der Waals surface area contributed by atoms with Crippen molar-refractivity contribution in [1.82, 2.24) is 10.3 Å². The molecule has 0 bridgehead atoms. The Morgan fingerprint density at radius 3 is 2.68 bits per heavy atom. The normalized spacial score (nSPS) is 11.5. The summed E-state index contributed by atoms with van der Waals surface area (Å²) in [5.74, 6) is 0.227. The van der Waals surface area contributed by atoms with Gasteiger partial charge in [0.25, 0.3) is 10.0 Å². The number of fused-ring (bicyclic) bond motifs is 1. The molecule has 8 heteroatoms. The lowest BCUT2D eigenvalue weighted by atomic mass is 10.2. The highest BCUT2D eigenvalue weighted by Gasteiger charge is 2.15. The molecule has 0 aliphatic rings. The molecule has 31 heavy (non-hydrogen) atoms. The SMILES string of the molecule is O=S(=O)(Nc1cccc(CNCCOc2cccc3[nH]ccc23)c1)c1cccc(F)c1. The summed E-state index contributed by atoms with van der Waals surface area (Å²) in [4.78, 5) is 3.03. The van der Waals surface area contributed by atoms with E-state index in [1.54, 1.807) is 18.2 Å². The predicted molar refractivity (Wildman–Crippen MR) is 119 cm³/mol. The van der Waals surface area contributed by atoms with E-state index in [1.807, 2.05) is 36.5 Å². The zero-order valence-electron chi connectivity index (χ0n) is 16.6. The van der Waals surface area contributed by atoms with E-state index in [2.05, 4.69) is 15.0 Å². The van der Waals surface area contributed by atoms with Crippen molar-refractivity contribution in [2.75, 3.05) is 17.9 Å². The van der Waals surface area contributed by atoms with E-state index in [4.69, 9.17) is 4.74 Å². The molecule has 0 spiro atoms. The molecule has 0 radical (unpaired) electrons. The Bertz CT molecular complexity index is 1290. The van der Waals surface area contributed by atoms with Gasteiger partial charge < -0.3 is 15.0 Å². The van der Waals surface area contributed by atoms with Crippen molar-refractivity contribution in [3.05, 3.63) is 90.4 Å². The molecule has 160 valence electrons. The fraction of sp³-hybridized carbons (Fsp3) is 0.130. The topological polar surface area (TPSA) is 83.2 Å². The van der Waals surface area contributed by atoms with Crippen molar-refractivity contribution in [2.45, 2.75) is 11.4 Å². The van der Waals surface area contributed by atoms with Crippen LogP contribution in [0.15, 0.2) is 83.9 Å². The van der Waals surface area contributed by atoms with Crippen LogP contribution in [0.5, 0.6) is 5.75 Å². The van der Waals surface area contributed by atoms with E-state index in [0.29, 0.717) is 25.4 Å². The average Bonchev–Trinajstić information content (AvgIpc) is 3.23. The van der Waals surface area contributed by atoms with Gasteiger partial charge in [0.15, 0.2) is 0 Å². The van der Waals surface area contributed by atoms with Crippen LogP contribution in [-0.2, 0) is 16.6 Å². The Morgan fingerprint density at radius 2 is 1.81 bits per heavy atom. The Hall–Kier alpha value is -3.36. The van der Waals surface area contributed by atoms with Crippen LogP contribution in [0.1, 0.15) is 5.56 Å². The van der Waals surface area contributed by atoms with Gasteiger partial charge in [0.2, 0.25) is 0 Å². The number of nitrogens with one attached hydrogen (secondary N) is 3. The fourth-order valence-electron chi connectivity index (χ4n) is 3.24. The number of hydrogen-bond acceptors (Lipinski definition) is 4. The minimum Gasteiger partial charge on any atom is -0.492 e. The fourth-order valence-corrected chi connectivity index (χ4v) is 4.32. The van der Waals surface area contributed by atoms with Crippen LogP contribution in [-0.4, -0.2) is 26.6 Å². The highest BCUT2D eigenvalue weighted by molar-refractivity contribution is 7.92. The molecule has 0 saturated carbocycles. The first-order chi connectivity index (χ1) is 15.0. The van der Waals surface area contributed by atoms with Gasteiger partial charge in [0.05, 0.1) is 4.90 Å². The Morgan fingerprint density at radius 1 is 0.968 bits per heavy atom. The lowest BCUT2D eigenvalue weighted by molar-refractivity contribution is 0.317. The van der Waals surface area contributed by atoms with E-state index in [1.165, 1.54) is 18.2 Å². The summed E-state index contributed by atoms with van der Waals surface area (Å²) < 4.78 is 46.6. The number of halogens is 1. The van der Waals surface area contributed by atoms with Gasteiger partial charge in [-0.05, 0) is 54.1 Å². The number of ether oxygens (including phenoxy) is 1. The van der Waals surface area contributed by atoms with Gasteiger partial charge in [-0.2, -0.15) is 0 Å². The number of hydrogen-bond donors (Lipinski definition) is 3. The Balaban J connectivity index is 1.30. The molecule has 0 atom stereocenters. The average molecular weight is 440 g/mol. The Kier molecular flexibility index (Phi) is 6.20. The van der Waals surface area contributed by atoms with E-state index in [-0.39, 0.29) is 4.90 Å². The zero-order valence-corrected chi connectivity index (χ0v) is 17.5. The maximum Gasteiger partial charge on any atom is 0.261 e. The third kappa shape index (κ3) is 5.22. The number of anilines is 1. The van der Waals surface area contributed by atoms with Gasteiger partial charge in [-0.25, -0.2) is 12.8 Å². The molecule has 0 unspecified atom stereocenters. The summed E-state index contributed by atoms with van der Waals surface area (Å²) in [6.45, 7) is 1.67. The van der Waals surface area contributed by atoms with E-state index < -0.39 is 15.8 Å². The monoisotopic (exact) mass is 439 g/mol. The third-order valence-corrected chi connectivity index (χ3v) is 6.09. The van der Waals surface area contributed by atoms with E-state index >= 15 is 0 Å². The summed E-state index contributed by atoms with van der Waals surface area (Å²) >= 11 is 0. The zero-order chi connectivity index (χ0) is 21.7. The van der Waals surface area contributed by atoms with Gasteiger partial charge >= 0.3 is 0 Å². The first kappa shape index (κ1) is 20.9. The standard InChI is InChI=1S/C23H22FN3O3S/c24-18-5-2-7-20(15-18)31(28,29)27-19-6-1-4-17(14-19)16-25-12-13-30-23-9-3-8-22-21(23)10-11-26-22/h1-11,14-15,25-27H,12-13,16H2. The van der Waals surface area contributed by atoms with Crippen LogP contribution in [0.3, 0.4) is 0 Å². The van der Waals surface area contributed by atoms with Crippen molar-refractivity contribution in [2.24, 2.45) is 0 Å². The number of aromatic nitrogens is 1. The molecule has 6 nitrogen and oxygen atoms in total. The molecule has 3 N–H and O–H groups in total. The summed E-state index contributed by atoms with van der Waals surface area (Å²) in [7, 11) is -3.86. The smallest absolute Gasteiger partial charge is 0.261 e. The molecular formula is C23H22FN3O3S. The second-order valence-corrected chi connectivity index (χ2v) is 8.67. The number of benzene rings is 3. The molecule has 0 aliphatic heterocycles. The molecule has 0 saturated heterocycles. The summed E-state index contributed by atoms with van der Waals surface area (Å²) in [5, 5.41) is 4.33. The number of H-pyrrole nitrogens is 1. The van der Waals surface area contributed by atoms with Crippen molar-refractivity contribution in [3.8, 4) is 5.75 Å². The molecule has 0 amide bonds. The summed E-state index contributed by atoms with van der Waals surface area (Å²) in [6, 6.07) is 19.8. The predicted octanol–water partition coefficient (Wildman–Crippen LogP) is 4.28. The van der Waals surface area contributed by atoms with Crippen LogP contribution in [0, 0.1) is 5.82 Å². The quantitative estimate of drug-likeness (QED) is 0.340. The van der Waals surface area contributed by atoms with Gasteiger partial charge in [-0.3, -0.25) is 4.72 Å². The number of aromatic amines is 1. The van der Waals surface area contributed by atoms with E-state index in [0.717, 1.165) is 28.3 Å². The molecular weight excluding hydrogens is 417 g/mol. The maximum atomic E-state index is 13.4. The van der Waals surface area contributed by atoms with Crippen molar-refractivity contribution >= 4 is 26.6 Å². The lowest BCUT2D eigenvalue weighted by Gasteiger charge is -2.11. The molecule has 1 heterocycles. The maximum absolute atomic E-state index is 13.4. The number of rotatable bonds is 9. The molecule has 0 fully saturated rings.